The highest BCUT2D eigenvalue weighted by Gasteiger charge is 2.24. The van der Waals surface area contributed by atoms with E-state index in [0.717, 1.165) is 5.92 Å². The number of aliphatic imine (C=N–C) groups is 1. The van der Waals surface area contributed by atoms with Gasteiger partial charge in [0.15, 0.2) is 0 Å². The molecule has 44 valence electrons. The molecule has 1 aliphatic carbocycles. The van der Waals surface area contributed by atoms with Crippen LogP contribution in [0.4, 0.5) is 0 Å². The highest BCUT2D eigenvalue weighted by Crippen LogP contribution is 2.30. The van der Waals surface area contributed by atoms with E-state index in [4.69, 9.17) is 0 Å². The van der Waals surface area contributed by atoms with E-state index in [1.165, 1.54) is 18.6 Å². The van der Waals surface area contributed by atoms with Gasteiger partial charge in [0, 0.05) is 18.7 Å². The molecule has 0 bridgehead atoms. The van der Waals surface area contributed by atoms with Crippen LogP contribution in [0.5, 0.6) is 0 Å². The Morgan fingerprint density at radius 1 is 1.75 bits per heavy atom. The lowest BCUT2D eigenvalue weighted by Gasteiger charge is -1.90. The van der Waals surface area contributed by atoms with Crippen molar-refractivity contribution >= 4 is 5.71 Å². The van der Waals surface area contributed by atoms with Crippen molar-refractivity contribution in [3.8, 4) is 0 Å². The summed E-state index contributed by atoms with van der Waals surface area (Å²) in [4.78, 5) is 4.07. The predicted molar refractivity (Wildman–Crippen MR) is 36.3 cm³/mol. The van der Waals surface area contributed by atoms with Gasteiger partial charge in [0.05, 0.1) is 0 Å². The molecule has 0 N–H and O–H groups in total. The second-order valence-corrected chi connectivity index (χ2v) is 2.13. The maximum Gasteiger partial charge on any atom is 0.0369 e. The molecular formula is C7H11N. The van der Waals surface area contributed by atoms with Crippen molar-refractivity contribution < 1.29 is 0 Å². The Balaban J connectivity index is 2.49. The van der Waals surface area contributed by atoms with E-state index in [0.29, 0.717) is 0 Å². The Bertz CT molecular complexity index is 120. The summed E-state index contributed by atoms with van der Waals surface area (Å²) in [7, 11) is 1.83. The third kappa shape index (κ3) is 0.971. The summed E-state index contributed by atoms with van der Waals surface area (Å²) in [6, 6.07) is 0. The van der Waals surface area contributed by atoms with Gasteiger partial charge in [0.25, 0.3) is 0 Å². The summed E-state index contributed by atoms with van der Waals surface area (Å²) in [6.45, 7) is 3.66. The molecule has 0 aromatic carbocycles. The Labute approximate surface area is 50.1 Å². The van der Waals surface area contributed by atoms with E-state index in [-0.39, 0.29) is 0 Å². The summed E-state index contributed by atoms with van der Waals surface area (Å²) in [5.74, 6) is 0.762. The Morgan fingerprint density at radius 3 is 2.50 bits per heavy atom. The van der Waals surface area contributed by atoms with Crippen LogP contribution in [-0.2, 0) is 0 Å². The largest absolute Gasteiger partial charge is 0.293 e. The van der Waals surface area contributed by atoms with Gasteiger partial charge < -0.3 is 0 Å². The lowest BCUT2D eigenvalue weighted by molar-refractivity contribution is 1.18. The number of allylic oxidation sites excluding steroid dienone is 1. The minimum absolute atomic E-state index is 0.762. The molecule has 0 radical (unpaired) electrons. The van der Waals surface area contributed by atoms with E-state index in [2.05, 4.69) is 11.6 Å². The van der Waals surface area contributed by atoms with Crippen LogP contribution in [0.25, 0.3) is 0 Å². The SMILES string of the molecule is C=C/C(=N\C)C1CC1. The van der Waals surface area contributed by atoms with Gasteiger partial charge in [0.2, 0.25) is 0 Å². The maximum atomic E-state index is 4.07. The number of hydrogen-bond donors (Lipinski definition) is 0. The molecule has 0 atom stereocenters. The Hall–Kier alpha value is -0.590. The van der Waals surface area contributed by atoms with Crippen LogP contribution in [-0.4, -0.2) is 12.8 Å². The van der Waals surface area contributed by atoms with E-state index in [9.17, 15) is 0 Å². The third-order valence-electron chi connectivity index (χ3n) is 1.46. The van der Waals surface area contributed by atoms with Crippen LogP contribution in [0, 0.1) is 5.92 Å². The van der Waals surface area contributed by atoms with E-state index in [1.807, 2.05) is 13.1 Å². The molecule has 1 heteroatoms. The minimum Gasteiger partial charge on any atom is -0.293 e. The van der Waals surface area contributed by atoms with Gasteiger partial charge in [-0.2, -0.15) is 0 Å². The summed E-state index contributed by atoms with van der Waals surface area (Å²) in [6.07, 6.45) is 4.50. The lowest BCUT2D eigenvalue weighted by atomic mass is 10.2. The van der Waals surface area contributed by atoms with Crippen molar-refractivity contribution in [2.45, 2.75) is 12.8 Å². The van der Waals surface area contributed by atoms with Crippen molar-refractivity contribution in [2.75, 3.05) is 7.05 Å². The topological polar surface area (TPSA) is 12.4 Å². The number of hydrogen-bond acceptors (Lipinski definition) is 1. The van der Waals surface area contributed by atoms with Crippen LogP contribution < -0.4 is 0 Å². The van der Waals surface area contributed by atoms with Gasteiger partial charge >= 0.3 is 0 Å². The molecule has 1 nitrogen and oxygen atoms in total. The molecule has 0 saturated heterocycles. The zero-order valence-electron chi connectivity index (χ0n) is 5.22. The van der Waals surface area contributed by atoms with Crippen LogP contribution >= 0.6 is 0 Å². The first-order chi connectivity index (χ1) is 3.88. The van der Waals surface area contributed by atoms with Crippen LogP contribution in [0.1, 0.15) is 12.8 Å². The first-order valence-corrected chi connectivity index (χ1v) is 2.97. The van der Waals surface area contributed by atoms with Crippen molar-refractivity contribution in [1.82, 2.24) is 0 Å². The highest BCUT2D eigenvalue weighted by molar-refractivity contribution is 5.97. The average molecular weight is 109 g/mol. The van der Waals surface area contributed by atoms with Gasteiger partial charge in [-0.15, -0.1) is 0 Å². The van der Waals surface area contributed by atoms with Crippen LogP contribution in [0.2, 0.25) is 0 Å². The zero-order chi connectivity index (χ0) is 5.98. The summed E-state index contributed by atoms with van der Waals surface area (Å²) in [5.41, 5.74) is 1.19. The molecule has 0 spiro atoms. The predicted octanol–water partition coefficient (Wildman–Crippen LogP) is 1.65. The molecule has 0 unspecified atom stereocenters. The zero-order valence-corrected chi connectivity index (χ0v) is 5.22. The molecule has 1 aliphatic rings. The van der Waals surface area contributed by atoms with Crippen LogP contribution in [0.3, 0.4) is 0 Å². The summed E-state index contributed by atoms with van der Waals surface area (Å²) >= 11 is 0. The third-order valence-corrected chi connectivity index (χ3v) is 1.46. The van der Waals surface area contributed by atoms with Crippen molar-refractivity contribution in [2.24, 2.45) is 10.9 Å². The number of nitrogens with zero attached hydrogens (tertiary/aromatic N) is 1. The fourth-order valence-corrected chi connectivity index (χ4v) is 0.820. The fourth-order valence-electron chi connectivity index (χ4n) is 0.820. The monoisotopic (exact) mass is 109 g/mol. The molecule has 1 fully saturated rings. The fraction of sp³-hybridized carbons (Fsp3) is 0.571. The van der Waals surface area contributed by atoms with Gasteiger partial charge in [-0.1, -0.05) is 6.58 Å². The second-order valence-electron chi connectivity index (χ2n) is 2.13. The van der Waals surface area contributed by atoms with Gasteiger partial charge in [-0.05, 0) is 18.9 Å². The van der Waals surface area contributed by atoms with E-state index in [1.54, 1.807) is 0 Å². The van der Waals surface area contributed by atoms with Crippen LogP contribution in [0.15, 0.2) is 17.6 Å². The molecule has 0 amide bonds. The van der Waals surface area contributed by atoms with Gasteiger partial charge in [-0.25, -0.2) is 0 Å². The quantitative estimate of drug-likeness (QED) is 0.478. The molecule has 0 heterocycles. The van der Waals surface area contributed by atoms with E-state index >= 15 is 0 Å². The second kappa shape index (κ2) is 2.12. The molecule has 0 aromatic heterocycles. The Morgan fingerprint density at radius 2 is 2.38 bits per heavy atom. The normalized spacial score (nSPS) is 20.9. The highest BCUT2D eigenvalue weighted by atomic mass is 14.7. The molecule has 0 aliphatic heterocycles. The average Bonchev–Trinajstić information content (AvgIpc) is 2.53. The molecular weight excluding hydrogens is 98.1 g/mol. The lowest BCUT2D eigenvalue weighted by Crippen LogP contribution is -1.93. The standard InChI is InChI=1S/C7H11N/c1-3-7(8-2)6-4-5-6/h3,6H,1,4-5H2,2H3/b8-7+. The van der Waals surface area contributed by atoms with E-state index < -0.39 is 0 Å². The first-order valence-electron chi connectivity index (χ1n) is 2.97. The minimum atomic E-state index is 0.762. The molecule has 0 aromatic rings. The summed E-state index contributed by atoms with van der Waals surface area (Å²) in [5, 5.41) is 0. The Kier molecular flexibility index (Phi) is 1.47. The first kappa shape index (κ1) is 5.54. The molecule has 1 rings (SSSR count). The van der Waals surface area contributed by atoms with Crippen molar-refractivity contribution in [3.05, 3.63) is 12.7 Å². The maximum absolute atomic E-state index is 4.07. The van der Waals surface area contributed by atoms with Crippen molar-refractivity contribution in [1.29, 1.82) is 0 Å². The summed E-state index contributed by atoms with van der Waals surface area (Å²) < 4.78 is 0. The molecule has 8 heavy (non-hydrogen) atoms. The molecule has 1 saturated carbocycles. The van der Waals surface area contributed by atoms with Crippen molar-refractivity contribution in [3.63, 3.8) is 0 Å². The van der Waals surface area contributed by atoms with Gasteiger partial charge in [0.1, 0.15) is 0 Å². The van der Waals surface area contributed by atoms with Gasteiger partial charge in [-0.3, -0.25) is 4.99 Å². The smallest absolute Gasteiger partial charge is 0.0369 e. The number of rotatable bonds is 2.